The molecule has 4 heteroatoms. The Labute approximate surface area is 124 Å². The molecule has 2 aromatic carbocycles. The van der Waals surface area contributed by atoms with Crippen molar-refractivity contribution >= 4 is 17.3 Å². The van der Waals surface area contributed by atoms with Crippen molar-refractivity contribution in [3.63, 3.8) is 0 Å². The van der Waals surface area contributed by atoms with Crippen molar-refractivity contribution in [1.29, 1.82) is 0 Å². The lowest BCUT2D eigenvalue weighted by atomic mass is 10.2. The fraction of sp³-hybridized carbons (Fsp3) is 0.250. The molecule has 106 valence electrons. The highest BCUT2D eigenvalue weighted by molar-refractivity contribution is 6.30. The van der Waals surface area contributed by atoms with Gasteiger partial charge in [0.1, 0.15) is 5.82 Å². The lowest BCUT2D eigenvalue weighted by Gasteiger charge is -2.17. The van der Waals surface area contributed by atoms with Gasteiger partial charge in [0, 0.05) is 35.9 Å². The second-order valence-corrected chi connectivity index (χ2v) is 5.20. The first kappa shape index (κ1) is 14.8. The van der Waals surface area contributed by atoms with Gasteiger partial charge in [-0.2, -0.15) is 0 Å². The van der Waals surface area contributed by atoms with Gasteiger partial charge in [-0.1, -0.05) is 35.9 Å². The predicted octanol–water partition coefficient (Wildman–Crippen LogP) is 4.02. The number of anilines is 1. The van der Waals surface area contributed by atoms with Crippen molar-refractivity contribution in [2.45, 2.75) is 6.54 Å². The number of benzene rings is 2. The number of likely N-dealkylation sites (N-methyl/N-ethyl adjacent to an activating group) is 1. The molecule has 0 saturated carbocycles. The zero-order chi connectivity index (χ0) is 14.4. The standard InChI is InChI=1S/C16H18ClFN2/c1-20(12-13-5-2-3-8-16(13)18)10-9-19-15-7-4-6-14(17)11-15/h2-8,11,19H,9-10,12H2,1H3. The number of rotatable bonds is 6. The van der Waals surface area contributed by atoms with Gasteiger partial charge in [-0.15, -0.1) is 0 Å². The van der Waals surface area contributed by atoms with E-state index in [1.165, 1.54) is 6.07 Å². The lowest BCUT2D eigenvalue weighted by Crippen LogP contribution is -2.25. The normalized spacial score (nSPS) is 10.8. The molecule has 0 fully saturated rings. The van der Waals surface area contributed by atoms with Gasteiger partial charge in [0.25, 0.3) is 0 Å². The van der Waals surface area contributed by atoms with E-state index >= 15 is 0 Å². The Balaban J connectivity index is 1.78. The van der Waals surface area contributed by atoms with Crippen molar-refractivity contribution in [1.82, 2.24) is 4.90 Å². The van der Waals surface area contributed by atoms with E-state index in [0.717, 1.165) is 29.4 Å². The first-order valence-electron chi connectivity index (χ1n) is 6.56. The van der Waals surface area contributed by atoms with Crippen LogP contribution in [0.4, 0.5) is 10.1 Å². The summed E-state index contributed by atoms with van der Waals surface area (Å²) in [4.78, 5) is 2.08. The Bertz CT molecular complexity index is 560. The molecule has 0 atom stereocenters. The van der Waals surface area contributed by atoms with E-state index in [0.29, 0.717) is 6.54 Å². The highest BCUT2D eigenvalue weighted by Crippen LogP contribution is 2.14. The average Bonchev–Trinajstić information content (AvgIpc) is 2.41. The smallest absolute Gasteiger partial charge is 0.127 e. The fourth-order valence-corrected chi connectivity index (χ4v) is 2.18. The Morgan fingerprint density at radius 1 is 1.15 bits per heavy atom. The van der Waals surface area contributed by atoms with Crippen molar-refractivity contribution in [2.75, 3.05) is 25.5 Å². The Hall–Kier alpha value is -1.58. The Morgan fingerprint density at radius 3 is 2.70 bits per heavy atom. The second-order valence-electron chi connectivity index (χ2n) is 4.77. The van der Waals surface area contributed by atoms with Gasteiger partial charge in [0.2, 0.25) is 0 Å². The molecule has 0 aliphatic carbocycles. The molecule has 0 unspecified atom stereocenters. The number of nitrogens with zero attached hydrogens (tertiary/aromatic N) is 1. The second kappa shape index (κ2) is 7.27. The first-order chi connectivity index (χ1) is 9.65. The van der Waals surface area contributed by atoms with E-state index in [-0.39, 0.29) is 5.82 Å². The molecular formula is C16H18ClFN2. The van der Waals surface area contributed by atoms with Crippen LogP contribution in [0.5, 0.6) is 0 Å². The highest BCUT2D eigenvalue weighted by Gasteiger charge is 2.04. The van der Waals surface area contributed by atoms with Crippen LogP contribution in [0.25, 0.3) is 0 Å². The van der Waals surface area contributed by atoms with Gasteiger partial charge in [-0.3, -0.25) is 0 Å². The average molecular weight is 293 g/mol. The zero-order valence-corrected chi connectivity index (χ0v) is 12.2. The van der Waals surface area contributed by atoms with Crippen molar-refractivity contribution < 1.29 is 4.39 Å². The van der Waals surface area contributed by atoms with Crippen molar-refractivity contribution in [3.8, 4) is 0 Å². The number of nitrogens with one attached hydrogen (secondary N) is 1. The maximum atomic E-state index is 13.5. The molecule has 2 rings (SSSR count). The summed E-state index contributed by atoms with van der Waals surface area (Å²) in [7, 11) is 1.98. The van der Waals surface area contributed by atoms with Crippen molar-refractivity contribution in [2.24, 2.45) is 0 Å². The summed E-state index contributed by atoms with van der Waals surface area (Å²) in [5.41, 5.74) is 1.72. The van der Waals surface area contributed by atoms with Crippen LogP contribution in [-0.4, -0.2) is 25.0 Å². The molecule has 2 aromatic rings. The van der Waals surface area contributed by atoms with Gasteiger partial charge < -0.3 is 10.2 Å². The number of halogens is 2. The predicted molar refractivity (Wildman–Crippen MR) is 82.7 cm³/mol. The van der Waals surface area contributed by atoms with Crippen LogP contribution in [0.15, 0.2) is 48.5 Å². The van der Waals surface area contributed by atoms with Crippen LogP contribution in [0, 0.1) is 5.82 Å². The van der Waals surface area contributed by atoms with Crippen LogP contribution >= 0.6 is 11.6 Å². The summed E-state index contributed by atoms with van der Waals surface area (Å²) in [5, 5.41) is 4.01. The maximum absolute atomic E-state index is 13.5. The monoisotopic (exact) mass is 292 g/mol. The van der Waals surface area contributed by atoms with Gasteiger partial charge in [-0.25, -0.2) is 4.39 Å². The molecule has 1 N–H and O–H groups in total. The number of hydrogen-bond donors (Lipinski definition) is 1. The highest BCUT2D eigenvalue weighted by atomic mass is 35.5. The zero-order valence-electron chi connectivity index (χ0n) is 11.4. The molecule has 0 aliphatic heterocycles. The van der Waals surface area contributed by atoms with Gasteiger partial charge >= 0.3 is 0 Å². The molecule has 0 saturated heterocycles. The summed E-state index contributed by atoms with van der Waals surface area (Å²) in [5.74, 6) is -0.151. The van der Waals surface area contributed by atoms with Crippen LogP contribution in [-0.2, 0) is 6.54 Å². The summed E-state index contributed by atoms with van der Waals surface area (Å²) in [6.07, 6.45) is 0. The lowest BCUT2D eigenvalue weighted by molar-refractivity contribution is 0.334. The molecule has 0 amide bonds. The fourth-order valence-electron chi connectivity index (χ4n) is 1.99. The van der Waals surface area contributed by atoms with Gasteiger partial charge in [0.05, 0.1) is 0 Å². The molecular weight excluding hydrogens is 275 g/mol. The first-order valence-corrected chi connectivity index (χ1v) is 6.94. The topological polar surface area (TPSA) is 15.3 Å². The SMILES string of the molecule is CN(CCNc1cccc(Cl)c1)Cc1ccccc1F. The molecule has 20 heavy (non-hydrogen) atoms. The van der Waals surface area contributed by atoms with Gasteiger partial charge in [-0.05, 0) is 31.3 Å². The van der Waals surface area contributed by atoms with Crippen LogP contribution in [0.3, 0.4) is 0 Å². The molecule has 0 radical (unpaired) electrons. The van der Waals surface area contributed by atoms with Crippen LogP contribution in [0.2, 0.25) is 5.02 Å². The molecule has 0 bridgehead atoms. The third-order valence-electron chi connectivity index (χ3n) is 3.05. The maximum Gasteiger partial charge on any atom is 0.127 e. The van der Waals surface area contributed by atoms with E-state index in [2.05, 4.69) is 10.2 Å². The molecule has 0 aromatic heterocycles. The minimum atomic E-state index is -0.151. The van der Waals surface area contributed by atoms with Gasteiger partial charge in [0.15, 0.2) is 0 Å². The van der Waals surface area contributed by atoms with Crippen LogP contribution < -0.4 is 5.32 Å². The Kier molecular flexibility index (Phi) is 5.39. The molecule has 0 heterocycles. The quantitative estimate of drug-likeness (QED) is 0.865. The van der Waals surface area contributed by atoms with Crippen LogP contribution in [0.1, 0.15) is 5.56 Å². The van der Waals surface area contributed by atoms with E-state index in [1.807, 2.05) is 43.4 Å². The van der Waals surface area contributed by atoms with E-state index in [9.17, 15) is 4.39 Å². The Morgan fingerprint density at radius 2 is 1.95 bits per heavy atom. The minimum absolute atomic E-state index is 0.151. The van der Waals surface area contributed by atoms with E-state index in [1.54, 1.807) is 6.07 Å². The molecule has 2 nitrogen and oxygen atoms in total. The largest absolute Gasteiger partial charge is 0.384 e. The summed E-state index contributed by atoms with van der Waals surface area (Å²) < 4.78 is 13.5. The summed E-state index contributed by atoms with van der Waals surface area (Å²) in [6, 6.07) is 14.5. The van der Waals surface area contributed by atoms with E-state index < -0.39 is 0 Å². The third kappa shape index (κ3) is 4.51. The molecule has 0 spiro atoms. The summed E-state index contributed by atoms with van der Waals surface area (Å²) in [6.45, 7) is 2.20. The third-order valence-corrected chi connectivity index (χ3v) is 3.28. The summed E-state index contributed by atoms with van der Waals surface area (Å²) >= 11 is 5.92. The van der Waals surface area contributed by atoms with E-state index in [4.69, 9.17) is 11.6 Å². The molecule has 0 aliphatic rings. The number of hydrogen-bond acceptors (Lipinski definition) is 2. The minimum Gasteiger partial charge on any atom is -0.384 e. The van der Waals surface area contributed by atoms with Crippen molar-refractivity contribution in [3.05, 3.63) is 64.9 Å².